The van der Waals surface area contributed by atoms with Crippen molar-refractivity contribution in [1.82, 2.24) is 5.32 Å². The fourth-order valence-corrected chi connectivity index (χ4v) is 1.37. The van der Waals surface area contributed by atoms with Crippen LogP contribution < -0.4 is 10.6 Å². The Morgan fingerprint density at radius 3 is 2.65 bits per heavy atom. The fourth-order valence-electron chi connectivity index (χ4n) is 1.37. The Morgan fingerprint density at radius 2 is 2.10 bits per heavy atom. The summed E-state index contributed by atoms with van der Waals surface area (Å²) in [5.74, 6) is 5.19. The molecule has 0 unspecified atom stereocenters. The molecule has 0 aliphatic carbocycles. The van der Waals surface area contributed by atoms with Gasteiger partial charge in [0.2, 0.25) is 0 Å². The van der Waals surface area contributed by atoms with Crippen molar-refractivity contribution in [2.75, 3.05) is 18.5 Å². The highest BCUT2D eigenvalue weighted by molar-refractivity contribution is 5.89. The average Bonchev–Trinajstić information content (AvgIpc) is 2.35. The zero-order valence-corrected chi connectivity index (χ0v) is 10.6. The van der Waals surface area contributed by atoms with Crippen LogP contribution in [0.2, 0.25) is 0 Å². The first-order chi connectivity index (χ1) is 9.31. The van der Waals surface area contributed by atoms with Crippen LogP contribution in [-0.4, -0.2) is 30.5 Å². The number of benzene rings is 1. The van der Waals surface area contributed by atoms with E-state index in [0.717, 1.165) is 5.56 Å². The highest BCUT2D eigenvalue weighted by atomic mass is 19.4. The predicted molar refractivity (Wildman–Crippen MR) is 68.2 cm³/mol. The third kappa shape index (κ3) is 5.63. The molecule has 0 spiro atoms. The summed E-state index contributed by atoms with van der Waals surface area (Å²) in [6.07, 6.45) is -4.45. The van der Waals surface area contributed by atoms with Gasteiger partial charge in [-0.2, -0.15) is 13.2 Å². The first-order valence-corrected chi connectivity index (χ1v) is 5.64. The molecule has 1 aromatic rings. The number of rotatable bonds is 2. The van der Waals surface area contributed by atoms with Crippen molar-refractivity contribution in [3.63, 3.8) is 0 Å². The van der Waals surface area contributed by atoms with Gasteiger partial charge in [0.1, 0.15) is 13.2 Å². The van der Waals surface area contributed by atoms with Gasteiger partial charge < -0.3 is 15.7 Å². The molecule has 7 heteroatoms. The molecule has 0 heterocycles. The molecule has 0 saturated carbocycles. The first-order valence-electron chi connectivity index (χ1n) is 5.64. The van der Waals surface area contributed by atoms with Crippen LogP contribution in [-0.2, 0) is 0 Å². The average molecular weight is 286 g/mol. The number of urea groups is 1. The number of amides is 2. The summed E-state index contributed by atoms with van der Waals surface area (Å²) in [7, 11) is 0. The molecule has 0 aliphatic heterocycles. The maximum atomic E-state index is 11.9. The lowest BCUT2D eigenvalue weighted by molar-refractivity contribution is -0.122. The van der Waals surface area contributed by atoms with Crippen LogP contribution in [0.3, 0.4) is 0 Å². The van der Waals surface area contributed by atoms with Gasteiger partial charge in [-0.1, -0.05) is 11.8 Å². The Labute approximate surface area is 114 Å². The summed E-state index contributed by atoms with van der Waals surface area (Å²) in [4.78, 5) is 11.2. The molecular weight excluding hydrogens is 273 g/mol. The molecule has 0 fully saturated rings. The molecule has 0 saturated heterocycles. The number of alkyl halides is 3. The lowest BCUT2D eigenvalue weighted by Crippen LogP contribution is -2.36. The zero-order chi connectivity index (χ0) is 15.2. The Bertz CT molecular complexity index is 545. The number of carbonyl (C=O) groups excluding carboxylic acids is 1. The molecule has 0 aliphatic rings. The van der Waals surface area contributed by atoms with Gasteiger partial charge in [-0.05, 0) is 30.7 Å². The summed E-state index contributed by atoms with van der Waals surface area (Å²) in [6, 6.07) is 3.77. The maximum Gasteiger partial charge on any atom is 0.405 e. The number of hydrogen-bond acceptors (Lipinski definition) is 2. The van der Waals surface area contributed by atoms with Crippen molar-refractivity contribution < 1.29 is 23.1 Å². The fraction of sp³-hybridized carbons (Fsp3) is 0.308. The number of anilines is 1. The van der Waals surface area contributed by atoms with Gasteiger partial charge in [-0.15, -0.1) is 0 Å². The minimum Gasteiger partial charge on any atom is -0.384 e. The molecular formula is C13H13F3N2O2. The van der Waals surface area contributed by atoms with Crippen molar-refractivity contribution in [3.8, 4) is 11.8 Å². The van der Waals surface area contributed by atoms with Gasteiger partial charge in [0.05, 0.1) is 0 Å². The van der Waals surface area contributed by atoms with E-state index in [1.807, 2.05) is 0 Å². The number of nitrogens with one attached hydrogen (secondary N) is 2. The van der Waals surface area contributed by atoms with Gasteiger partial charge in [0, 0.05) is 11.3 Å². The van der Waals surface area contributed by atoms with Crippen LogP contribution >= 0.6 is 0 Å². The smallest absolute Gasteiger partial charge is 0.384 e. The second-order valence-corrected chi connectivity index (χ2v) is 3.91. The number of aliphatic hydroxyl groups excluding tert-OH is 1. The van der Waals surface area contributed by atoms with Gasteiger partial charge >= 0.3 is 12.2 Å². The normalized spacial score (nSPS) is 10.4. The Kier molecular flexibility index (Phi) is 5.41. The number of aryl methyl sites for hydroxylation is 1. The lowest BCUT2D eigenvalue weighted by atomic mass is 10.1. The van der Waals surface area contributed by atoms with E-state index in [-0.39, 0.29) is 6.61 Å². The van der Waals surface area contributed by atoms with Gasteiger partial charge in [-0.25, -0.2) is 4.79 Å². The predicted octanol–water partition coefficient (Wildman–Crippen LogP) is 2.02. The van der Waals surface area contributed by atoms with Crippen molar-refractivity contribution in [2.45, 2.75) is 13.1 Å². The van der Waals surface area contributed by atoms with Gasteiger partial charge in [0.25, 0.3) is 0 Å². The third-order valence-corrected chi connectivity index (χ3v) is 2.24. The monoisotopic (exact) mass is 286 g/mol. The van der Waals surface area contributed by atoms with Gasteiger partial charge in [0.15, 0.2) is 0 Å². The Balaban J connectivity index is 2.65. The highest BCUT2D eigenvalue weighted by Crippen LogP contribution is 2.15. The van der Waals surface area contributed by atoms with Crippen LogP contribution in [0.15, 0.2) is 18.2 Å². The second kappa shape index (κ2) is 6.82. The molecule has 0 atom stereocenters. The molecule has 4 nitrogen and oxygen atoms in total. The summed E-state index contributed by atoms with van der Waals surface area (Å²) >= 11 is 0. The van der Waals surface area contributed by atoms with Crippen molar-refractivity contribution in [3.05, 3.63) is 29.3 Å². The number of halogens is 3. The second-order valence-electron chi connectivity index (χ2n) is 3.91. The maximum absolute atomic E-state index is 11.9. The van der Waals surface area contributed by atoms with Crippen molar-refractivity contribution >= 4 is 11.7 Å². The molecule has 1 rings (SSSR count). The van der Waals surface area contributed by atoms with E-state index in [0.29, 0.717) is 11.3 Å². The lowest BCUT2D eigenvalue weighted by Gasteiger charge is -2.10. The van der Waals surface area contributed by atoms with Crippen molar-refractivity contribution in [2.24, 2.45) is 0 Å². The van der Waals surface area contributed by atoms with Crippen LogP contribution in [0.1, 0.15) is 11.1 Å². The molecule has 0 radical (unpaired) electrons. The Hall–Kier alpha value is -2.20. The van der Waals surface area contributed by atoms with E-state index in [2.05, 4.69) is 17.2 Å². The van der Waals surface area contributed by atoms with Crippen LogP contribution in [0, 0.1) is 18.8 Å². The number of aliphatic hydroxyl groups is 1. The van der Waals surface area contributed by atoms with Crippen molar-refractivity contribution in [1.29, 1.82) is 0 Å². The van der Waals surface area contributed by atoms with Crippen LogP contribution in [0.5, 0.6) is 0 Å². The third-order valence-electron chi connectivity index (χ3n) is 2.24. The zero-order valence-electron chi connectivity index (χ0n) is 10.6. The van der Waals surface area contributed by atoms with E-state index in [4.69, 9.17) is 5.11 Å². The summed E-state index contributed by atoms with van der Waals surface area (Å²) in [6.45, 7) is 0.0807. The molecule has 2 amide bonds. The minimum atomic E-state index is -4.45. The topological polar surface area (TPSA) is 61.4 Å². The minimum absolute atomic E-state index is 0.265. The van der Waals surface area contributed by atoms with Gasteiger partial charge in [-0.3, -0.25) is 0 Å². The van der Waals surface area contributed by atoms with Crippen LogP contribution in [0.25, 0.3) is 0 Å². The standard InChI is InChI=1S/C13H13F3N2O2/c1-9-7-11(5-4-10(9)3-2-6-19)18-12(20)17-8-13(14,15)16/h4-5,7,19H,6,8H2,1H3,(H2,17,18,20). The summed E-state index contributed by atoms with van der Waals surface area (Å²) in [5, 5.41) is 12.6. The molecule has 3 N–H and O–H groups in total. The largest absolute Gasteiger partial charge is 0.405 e. The SMILES string of the molecule is Cc1cc(NC(=O)NCC(F)(F)F)ccc1C#CCO. The molecule has 20 heavy (non-hydrogen) atoms. The van der Waals surface area contributed by atoms with Crippen LogP contribution in [0.4, 0.5) is 23.7 Å². The number of hydrogen-bond donors (Lipinski definition) is 3. The summed E-state index contributed by atoms with van der Waals surface area (Å²) < 4.78 is 35.7. The molecule has 108 valence electrons. The highest BCUT2D eigenvalue weighted by Gasteiger charge is 2.27. The molecule has 0 aromatic heterocycles. The van der Waals surface area contributed by atoms with E-state index < -0.39 is 18.8 Å². The van der Waals surface area contributed by atoms with E-state index >= 15 is 0 Å². The van der Waals surface area contributed by atoms with E-state index in [1.54, 1.807) is 24.4 Å². The number of carbonyl (C=O) groups is 1. The Morgan fingerprint density at radius 1 is 1.40 bits per heavy atom. The first kappa shape index (κ1) is 15.9. The van der Waals surface area contributed by atoms with E-state index in [1.165, 1.54) is 6.07 Å². The molecule has 1 aromatic carbocycles. The van der Waals surface area contributed by atoms with E-state index in [9.17, 15) is 18.0 Å². The molecule has 0 bridgehead atoms. The summed E-state index contributed by atoms with van der Waals surface area (Å²) in [5.41, 5.74) is 1.76. The quantitative estimate of drug-likeness (QED) is 0.728.